The summed E-state index contributed by atoms with van der Waals surface area (Å²) in [7, 11) is 0. The van der Waals surface area contributed by atoms with Crippen molar-refractivity contribution in [2.24, 2.45) is 5.73 Å². The highest BCUT2D eigenvalue weighted by Crippen LogP contribution is 2.25. The highest BCUT2D eigenvalue weighted by atomic mass is 127. The van der Waals surface area contributed by atoms with Crippen molar-refractivity contribution in [3.8, 4) is 6.07 Å². The fourth-order valence-corrected chi connectivity index (χ4v) is 1.65. The van der Waals surface area contributed by atoms with E-state index < -0.39 is 16.5 Å². The van der Waals surface area contributed by atoms with Gasteiger partial charge in [-0.15, -0.1) is 0 Å². The van der Waals surface area contributed by atoms with Crippen LogP contribution >= 0.6 is 22.6 Å². The molecular formula is C8H4IN3O3. The maximum Gasteiger partial charge on any atom is 0.283 e. The SMILES string of the molecule is N#Cc1c(I)ccc([N+](=O)[O-])c1C(N)=O. The van der Waals surface area contributed by atoms with E-state index in [2.05, 4.69) is 0 Å². The number of nitro benzene ring substituents is 1. The van der Waals surface area contributed by atoms with Gasteiger partial charge in [-0.2, -0.15) is 5.26 Å². The summed E-state index contributed by atoms with van der Waals surface area (Å²) in [5, 5.41) is 19.4. The molecule has 1 aromatic carbocycles. The molecule has 1 aromatic rings. The molecular weight excluding hydrogens is 313 g/mol. The topological polar surface area (TPSA) is 110 Å². The van der Waals surface area contributed by atoms with Gasteiger partial charge in [-0.05, 0) is 28.7 Å². The summed E-state index contributed by atoms with van der Waals surface area (Å²) < 4.78 is 0.453. The molecule has 6 nitrogen and oxygen atoms in total. The summed E-state index contributed by atoms with van der Waals surface area (Å²) in [6, 6.07) is 4.28. The first-order valence-corrected chi connectivity index (χ1v) is 4.73. The molecule has 0 saturated carbocycles. The zero-order chi connectivity index (χ0) is 11.6. The number of benzene rings is 1. The zero-order valence-corrected chi connectivity index (χ0v) is 9.39. The van der Waals surface area contributed by atoms with Gasteiger partial charge in [-0.3, -0.25) is 14.9 Å². The number of hydrogen-bond donors (Lipinski definition) is 1. The summed E-state index contributed by atoms with van der Waals surface area (Å²) >= 11 is 1.81. The first-order valence-electron chi connectivity index (χ1n) is 3.65. The molecule has 0 radical (unpaired) electrons. The Bertz CT molecular complexity index is 493. The zero-order valence-electron chi connectivity index (χ0n) is 7.23. The van der Waals surface area contributed by atoms with Gasteiger partial charge in [0, 0.05) is 9.64 Å². The van der Waals surface area contributed by atoms with E-state index in [0.717, 1.165) is 6.07 Å². The predicted molar refractivity (Wildman–Crippen MR) is 59.0 cm³/mol. The molecule has 0 aromatic heterocycles. The minimum Gasteiger partial charge on any atom is -0.365 e. The second-order valence-electron chi connectivity index (χ2n) is 2.55. The smallest absolute Gasteiger partial charge is 0.283 e. The Labute approximate surface area is 98.0 Å². The van der Waals surface area contributed by atoms with Gasteiger partial charge in [-0.1, -0.05) is 0 Å². The monoisotopic (exact) mass is 317 g/mol. The molecule has 0 saturated heterocycles. The number of primary amides is 1. The molecule has 0 aliphatic carbocycles. The fourth-order valence-electron chi connectivity index (χ4n) is 1.08. The third-order valence-electron chi connectivity index (χ3n) is 1.69. The Morgan fingerprint density at radius 2 is 2.20 bits per heavy atom. The number of nitriles is 1. The van der Waals surface area contributed by atoms with E-state index in [9.17, 15) is 14.9 Å². The summed E-state index contributed by atoms with van der Waals surface area (Å²) in [5.74, 6) is -0.975. The molecule has 1 rings (SSSR count). The molecule has 15 heavy (non-hydrogen) atoms. The first kappa shape index (κ1) is 11.4. The molecule has 0 heterocycles. The Kier molecular flexibility index (Phi) is 3.21. The number of hydrogen-bond acceptors (Lipinski definition) is 4. The first-order chi connectivity index (χ1) is 6.99. The van der Waals surface area contributed by atoms with E-state index >= 15 is 0 Å². The molecule has 76 valence electrons. The number of rotatable bonds is 2. The van der Waals surface area contributed by atoms with Gasteiger partial charge in [0.2, 0.25) is 0 Å². The largest absolute Gasteiger partial charge is 0.365 e. The van der Waals surface area contributed by atoms with Gasteiger partial charge >= 0.3 is 0 Å². The van der Waals surface area contributed by atoms with E-state index in [4.69, 9.17) is 11.0 Å². The summed E-state index contributed by atoms with van der Waals surface area (Å²) in [5.41, 5.74) is 4.16. The molecule has 0 aliphatic rings. The number of amides is 1. The van der Waals surface area contributed by atoms with Gasteiger partial charge in [0.25, 0.3) is 11.6 Å². The second kappa shape index (κ2) is 4.22. The fraction of sp³-hybridized carbons (Fsp3) is 0. The van der Waals surface area contributed by atoms with Crippen LogP contribution in [0.25, 0.3) is 0 Å². The number of halogens is 1. The van der Waals surface area contributed by atoms with Gasteiger partial charge in [0.15, 0.2) is 0 Å². The van der Waals surface area contributed by atoms with E-state index in [0.29, 0.717) is 3.57 Å². The molecule has 0 bridgehead atoms. The molecule has 0 atom stereocenters. The lowest BCUT2D eigenvalue weighted by Gasteiger charge is -2.02. The normalized spacial score (nSPS) is 9.33. The number of carbonyl (C=O) groups is 1. The Morgan fingerprint density at radius 1 is 1.60 bits per heavy atom. The predicted octanol–water partition coefficient (Wildman–Crippen LogP) is 1.17. The molecule has 0 aliphatic heterocycles. The lowest BCUT2D eigenvalue weighted by Crippen LogP contribution is -2.16. The van der Waals surface area contributed by atoms with Crippen LogP contribution in [-0.4, -0.2) is 10.8 Å². The van der Waals surface area contributed by atoms with Crippen LogP contribution in [0.2, 0.25) is 0 Å². The van der Waals surface area contributed by atoms with Crippen molar-refractivity contribution in [1.29, 1.82) is 5.26 Å². The van der Waals surface area contributed by atoms with Crippen LogP contribution < -0.4 is 5.73 Å². The number of nitrogens with two attached hydrogens (primary N) is 1. The third kappa shape index (κ3) is 2.04. The van der Waals surface area contributed by atoms with Crippen LogP contribution in [0.1, 0.15) is 15.9 Å². The highest BCUT2D eigenvalue weighted by Gasteiger charge is 2.24. The van der Waals surface area contributed by atoms with Crippen molar-refractivity contribution in [2.75, 3.05) is 0 Å². The molecule has 0 unspecified atom stereocenters. The standard InChI is InChI=1S/C8H4IN3O3/c9-5-1-2-6(12(14)15)7(8(11)13)4(5)3-10/h1-2H,(H2,11,13). The van der Waals surface area contributed by atoms with Crippen LogP contribution in [0.3, 0.4) is 0 Å². The molecule has 7 heteroatoms. The van der Waals surface area contributed by atoms with Crippen LogP contribution in [0, 0.1) is 25.0 Å². The van der Waals surface area contributed by atoms with E-state index in [-0.39, 0.29) is 11.1 Å². The minimum absolute atomic E-state index is 0.0581. The minimum atomic E-state index is -0.975. The molecule has 0 fully saturated rings. The van der Waals surface area contributed by atoms with Gasteiger partial charge in [0.1, 0.15) is 11.6 Å². The van der Waals surface area contributed by atoms with Gasteiger partial charge in [-0.25, -0.2) is 0 Å². The van der Waals surface area contributed by atoms with E-state index in [1.807, 2.05) is 0 Å². The van der Waals surface area contributed by atoms with Crippen molar-refractivity contribution >= 4 is 34.2 Å². The van der Waals surface area contributed by atoms with E-state index in [1.165, 1.54) is 6.07 Å². The Morgan fingerprint density at radius 3 is 2.60 bits per heavy atom. The average Bonchev–Trinajstić information content (AvgIpc) is 2.16. The maximum absolute atomic E-state index is 11.0. The van der Waals surface area contributed by atoms with Crippen molar-refractivity contribution < 1.29 is 9.72 Å². The number of nitro groups is 1. The van der Waals surface area contributed by atoms with Crippen LogP contribution in [0.15, 0.2) is 12.1 Å². The second-order valence-corrected chi connectivity index (χ2v) is 3.71. The summed E-state index contributed by atoms with van der Waals surface area (Å²) in [6.45, 7) is 0. The van der Waals surface area contributed by atoms with Crippen molar-refractivity contribution in [1.82, 2.24) is 0 Å². The summed E-state index contributed by atoms with van der Waals surface area (Å²) in [4.78, 5) is 20.9. The van der Waals surface area contributed by atoms with Crippen LogP contribution in [0.5, 0.6) is 0 Å². The Balaban J connectivity index is 3.66. The quantitative estimate of drug-likeness (QED) is 0.501. The van der Waals surface area contributed by atoms with Crippen molar-refractivity contribution in [3.63, 3.8) is 0 Å². The average molecular weight is 317 g/mol. The van der Waals surface area contributed by atoms with Crippen molar-refractivity contribution in [3.05, 3.63) is 36.9 Å². The van der Waals surface area contributed by atoms with Crippen LogP contribution in [-0.2, 0) is 0 Å². The van der Waals surface area contributed by atoms with Gasteiger partial charge in [0.05, 0.1) is 10.5 Å². The highest BCUT2D eigenvalue weighted by molar-refractivity contribution is 14.1. The van der Waals surface area contributed by atoms with E-state index in [1.54, 1.807) is 28.7 Å². The maximum atomic E-state index is 11.0. The van der Waals surface area contributed by atoms with Gasteiger partial charge < -0.3 is 5.73 Å². The third-order valence-corrected chi connectivity index (χ3v) is 2.59. The number of carbonyl (C=O) groups excluding carboxylic acids is 1. The lowest BCUT2D eigenvalue weighted by atomic mass is 10.1. The molecule has 2 N–H and O–H groups in total. The molecule has 0 spiro atoms. The number of nitrogens with zero attached hydrogens (tertiary/aromatic N) is 2. The van der Waals surface area contributed by atoms with Crippen molar-refractivity contribution in [2.45, 2.75) is 0 Å². The summed E-state index contributed by atoms with van der Waals surface area (Å²) in [6.07, 6.45) is 0. The van der Waals surface area contributed by atoms with Crippen LogP contribution in [0.4, 0.5) is 5.69 Å². The lowest BCUT2D eigenvalue weighted by molar-refractivity contribution is -0.385. The molecule has 1 amide bonds. The Hall–Kier alpha value is -1.69.